The van der Waals surface area contributed by atoms with E-state index in [2.05, 4.69) is 5.32 Å². The maximum absolute atomic E-state index is 11.9. The van der Waals surface area contributed by atoms with Gasteiger partial charge in [0.2, 0.25) is 0 Å². The SMILES string of the molecule is CC(C)(C)S(=O)CCNC(=O)c1ccccc1[N+](=O)[O-]. The lowest BCUT2D eigenvalue weighted by Crippen LogP contribution is -2.32. The molecule has 0 bridgehead atoms. The van der Waals surface area contributed by atoms with Crippen LogP contribution >= 0.6 is 0 Å². The van der Waals surface area contributed by atoms with E-state index in [1.54, 1.807) is 6.07 Å². The molecule has 0 heterocycles. The predicted molar refractivity (Wildman–Crippen MR) is 78.2 cm³/mol. The van der Waals surface area contributed by atoms with Gasteiger partial charge in [0, 0.05) is 33.9 Å². The molecule has 1 amide bonds. The van der Waals surface area contributed by atoms with Gasteiger partial charge in [-0.3, -0.25) is 19.1 Å². The Morgan fingerprint density at radius 1 is 1.35 bits per heavy atom. The van der Waals surface area contributed by atoms with E-state index >= 15 is 0 Å². The fourth-order valence-electron chi connectivity index (χ4n) is 1.48. The number of amides is 1. The number of nitro groups is 1. The largest absolute Gasteiger partial charge is 0.351 e. The van der Waals surface area contributed by atoms with Crippen LogP contribution in [0.2, 0.25) is 0 Å². The molecule has 20 heavy (non-hydrogen) atoms. The van der Waals surface area contributed by atoms with Crippen LogP contribution in [0.3, 0.4) is 0 Å². The van der Waals surface area contributed by atoms with Gasteiger partial charge in [-0.2, -0.15) is 0 Å². The number of nitrogens with one attached hydrogen (secondary N) is 1. The summed E-state index contributed by atoms with van der Waals surface area (Å²) in [4.78, 5) is 22.1. The highest BCUT2D eigenvalue weighted by molar-refractivity contribution is 7.86. The molecule has 0 spiro atoms. The molecule has 1 N–H and O–H groups in total. The average molecular weight is 298 g/mol. The highest BCUT2D eigenvalue weighted by Gasteiger charge is 2.21. The van der Waals surface area contributed by atoms with Crippen molar-refractivity contribution in [3.05, 3.63) is 39.9 Å². The van der Waals surface area contributed by atoms with Gasteiger partial charge in [0.15, 0.2) is 0 Å². The summed E-state index contributed by atoms with van der Waals surface area (Å²) in [5.41, 5.74) is -0.221. The molecule has 110 valence electrons. The standard InChI is InChI=1S/C13H18N2O4S/c1-13(2,3)20(19)9-8-14-12(16)10-6-4-5-7-11(10)15(17)18/h4-7H,8-9H2,1-3H3,(H,14,16). The first kappa shape index (κ1) is 16.3. The van der Waals surface area contributed by atoms with Gasteiger partial charge in [-0.05, 0) is 26.8 Å². The molecule has 0 saturated heterocycles. The van der Waals surface area contributed by atoms with Crippen LogP contribution in [-0.4, -0.2) is 32.1 Å². The lowest BCUT2D eigenvalue weighted by molar-refractivity contribution is -0.385. The molecule has 0 aliphatic rings. The number of hydrogen-bond donors (Lipinski definition) is 1. The lowest BCUT2D eigenvalue weighted by Gasteiger charge is -2.17. The third-order valence-electron chi connectivity index (χ3n) is 2.60. The highest BCUT2D eigenvalue weighted by Crippen LogP contribution is 2.17. The summed E-state index contributed by atoms with van der Waals surface area (Å²) in [6.45, 7) is 5.78. The van der Waals surface area contributed by atoms with Crippen LogP contribution in [0, 0.1) is 10.1 Å². The number of benzene rings is 1. The van der Waals surface area contributed by atoms with E-state index in [1.807, 2.05) is 20.8 Å². The topological polar surface area (TPSA) is 89.3 Å². The number of carbonyl (C=O) groups excluding carboxylic acids is 1. The summed E-state index contributed by atoms with van der Waals surface area (Å²) in [5, 5.41) is 13.4. The first-order valence-corrected chi connectivity index (χ1v) is 7.45. The van der Waals surface area contributed by atoms with Crippen LogP contribution in [0.4, 0.5) is 5.69 Å². The van der Waals surface area contributed by atoms with Crippen LogP contribution in [0.5, 0.6) is 0 Å². The van der Waals surface area contributed by atoms with E-state index in [9.17, 15) is 19.1 Å². The first-order valence-electron chi connectivity index (χ1n) is 6.13. The minimum absolute atomic E-state index is 0.0130. The fraction of sp³-hybridized carbons (Fsp3) is 0.462. The molecule has 1 unspecified atom stereocenters. The summed E-state index contributed by atoms with van der Waals surface area (Å²) in [6, 6.07) is 5.75. The maximum atomic E-state index is 11.9. The van der Waals surface area contributed by atoms with Crippen molar-refractivity contribution in [2.75, 3.05) is 12.3 Å². The monoisotopic (exact) mass is 298 g/mol. The molecule has 0 saturated carbocycles. The van der Waals surface area contributed by atoms with Crippen molar-refractivity contribution in [1.29, 1.82) is 0 Å². The van der Waals surface area contributed by atoms with Crippen molar-refractivity contribution < 1.29 is 13.9 Å². The second-order valence-electron chi connectivity index (χ2n) is 5.19. The number of nitro benzene ring substituents is 1. The van der Waals surface area contributed by atoms with E-state index in [-0.39, 0.29) is 22.5 Å². The Morgan fingerprint density at radius 3 is 2.50 bits per heavy atom. The average Bonchev–Trinajstić information content (AvgIpc) is 2.37. The molecule has 7 heteroatoms. The van der Waals surface area contributed by atoms with Crippen LogP contribution in [0.1, 0.15) is 31.1 Å². The minimum Gasteiger partial charge on any atom is -0.351 e. The quantitative estimate of drug-likeness (QED) is 0.664. The van der Waals surface area contributed by atoms with Gasteiger partial charge in [0.25, 0.3) is 11.6 Å². The Bertz CT molecular complexity index is 537. The zero-order valence-electron chi connectivity index (χ0n) is 11.7. The van der Waals surface area contributed by atoms with Gasteiger partial charge in [0.1, 0.15) is 5.56 Å². The molecule has 1 aromatic rings. The lowest BCUT2D eigenvalue weighted by atomic mass is 10.1. The predicted octanol–water partition coefficient (Wildman–Crippen LogP) is 1.87. The second-order valence-corrected chi connectivity index (χ2v) is 7.52. The smallest absolute Gasteiger partial charge is 0.282 e. The van der Waals surface area contributed by atoms with Crippen LogP contribution < -0.4 is 5.32 Å². The molecule has 0 fully saturated rings. The van der Waals surface area contributed by atoms with E-state index in [1.165, 1.54) is 18.2 Å². The molecular formula is C13H18N2O4S. The van der Waals surface area contributed by atoms with Gasteiger partial charge < -0.3 is 5.32 Å². The van der Waals surface area contributed by atoms with Crippen LogP contribution in [0.25, 0.3) is 0 Å². The van der Waals surface area contributed by atoms with Gasteiger partial charge in [0.05, 0.1) is 4.92 Å². The van der Waals surface area contributed by atoms with E-state index in [4.69, 9.17) is 0 Å². The number of rotatable bonds is 5. The van der Waals surface area contributed by atoms with E-state index in [0.29, 0.717) is 5.75 Å². The molecule has 1 aromatic carbocycles. The highest BCUT2D eigenvalue weighted by atomic mass is 32.2. The van der Waals surface area contributed by atoms with Crippen LogP contribution in [0.15, 0.2) is 24.3 Å². The van der Waals surface area contributed by atoms with Crippen molar-refractivity contribution in [2.24, 2.45) is 0 Å². The van der Waals surface area contributed by atoms with Gasteiger partial charge in [-0.15, -0.1) is 0 Å². The zero-order chi connectivity index (χ0) is 15.3. The van der Waals surface area contributed by atoms with Gasteiger partial charge in [-0.1, -0.05) is 12.1 Å². The van der Waals surface area contributed by atoms with Crippen molar-refractivity contribution in [2.45, 2.75) is 25.5 Å². The van der Waals surface area contributed by atoms with Crippen molar-refractivity contribution in [3.63, 3.8) is 0 Å². The fourth-order valence-corrected chi connectivity index (χ4v) is 2.38. The molecule has 0 aliphatic carbocycles. The third-order valence-corrected chi connectivity index (χ3v) is 4.54. The molecule has 0 aliphatic heterocycles. The molecular weight excluding hydrogens is 280 g/mol. The summed E-state index contributed by atoms with van der Waals surface area (Å²) in [5.74, 6) is -0.209. The van der Waals surface area contributed by atoms with Crippen molar-refractivity contribution >= 4 is 22.4 Å². The Morgan fingerprint density at radius 2 is 1.95 bits per heavy atom. The van der Waals surface area contributed by atoms with Gasteiger partial charge >= 0.3 is 0 Å². The Hall–Kier alpha value is -1.76. The molecule has 6 nitrogen and oxygen atoms in total. The third kappa shape index (κ3) is 4.41. The zero-order valence-corrected chi connectivity index (χ0v) is 12.5. The van der Waals surface area contributed by atoms with Gasteiger partial charge in [-0.25, -0.2) is 0 Å². The second kappa shape index (κ2) is 6.60. The van der Waals surface area contributed by atoms with Crippen molar-refractivity contribution in [1.82, 2.24) is 5.32 Å². The molecule has 1 rings (SSSR count). The number of nitrogens with zero attached hydrogens (tertiary/aromatic N) is 1. The Labute approximate surface area is 120 Å². The van der Waals surface area contributed by atoms with E-state index in [0.717, 1.165) is 0 Å². The van der Waals surface area contributed by atoms with E-state index < -0.39 is 21.6 Å². The summed E-state index contributed by atoms with van der Waals surface area (Å²) >= 11 is 0. The number of carbonyl (C=O) groups is 1. The Balaban J connectivity index is 2.65. The first-order chi connectivity index (χ1) is 9.23. The maximum Gasteiger partial charge on any atom is 0.282 e. The molecule has 0 radical (unpaired) electrons. The summed E-state index contributed by atoms with van der Waals surface area (Å²) < 4.78 is 11.5. The molecule has 0 aromatic heterocycles. The van der Waals surface area contributed by atoms with Crippen molar-refractivity contribution in [3.8, 4) is 0 Å². The normalized spacial score (nSPS) is 12.8. The number of para-hydroxylation sites is 1. The summed E-state index contributed by atoms with van der Waals surface area (Å²) in [6.07, 6.45) is 0. The summed E-state index contributed by atoms with van der Waals surface area (Å²) in [7, 11) is -1.07. The van der Waals surface area contributed by atoms with Crippen LogP contribution in [-0.2, 0) is 10.8 Å². The Kier molecular flexibility index (Phi) is 5.38. The number of hydrogen-bond acceptors (Lipinski definition) is 4. The minimum atomic E-state index is -1.07. The molecule has 1 atom stereocenters.